The van der Waals surface area contributed by atoms with Crippen molar-refractivity contribution in [3.63, 3.8) is 0 Å². The molecule has 0 atom stereocenters. The quantitative estimate of drug-likeness (QED) is 0.703. The number of hydrogen-bond donors (Lipinski definition) is 2. The van der Waals surface area contributed by atoms with Crippen molar-refractivity contribution < 1.29 is 0 Å². The summed E-state index contributed by atoms with van der Waals surface area (Å²) in [7, 11) is 3.59. The van der Waals surface area contributed by atoms with Crippen LogP contribution in [-0.4, -0.2) is 46.5 Å². The number of anilines is 3. The Kier molecular flexibility index (Phi) is 3.18. The molecule has 10 heteroatoms. The highest BCUT2D eigenvalue weighted by molar-refractivity contribution is 5.56. The second-order valence-electron chi connectivity index (χ2n) is 4.30. The summed E-state index contributed by atoms with van der Waals surface area (Å²) < 4.78 is 3.18. The van der Waals surface area contributed by atoms with Gasteiger partial charge in [0.25, 0.3) is 5.95 Å². The molecule has 0 amide bonds. The van der Waals surface area contributed by atoms with Crippen molar-refractivity contribution in [1.29, 1.82) is 0 Å². The average Bonchev–Trinajstić information content (AvgIpc) is 3.09. The molecule has 0 radical (unpaired) electrons. The van der Waals surface area contributed by atoms with Crippen LogP contribution in [0.15, 0.2) is 18.9 Å². The Labute approximate surface area is 120 Å². The zero-order valence-electron chi connectivity index (χ0n) is 11.8. The molecule has 3 rings (SSSR count). The summed E-state index contributed by atoms with van der Waals surface area (Å²) >= 11 is 0. The van der Waals surface area contributed by atoms with Gasteiger partial charge in [0.15, 0.2) is 0 Å². The summed E-state index contributed by atoms with van der Waals surface area (Å²) in [6, 6.07) is 0. The van der Waals surface area contributed by atoms with Crippen LogP contribution in [0.3, 0.4) is 0 Å². The predicted molar refractivity (Wildman–Crippen MR) is 75.5 cm³/mol. The first-order valence-electron chi connectivity index (χ1n) is 6.22. The summed E-state index contributed by atoms with van der Waals surface area (Å²) in [6.07, 6.45) is 4.79. The SMILES string of the molecule is CNc1nc(Nc2cn(C)nc2C)nc(-n2cncn2)n1. The molecule has 3 aromatic rings. The average molecular weight is 286 g/mol. The van der Waals surface area contributed by atoms with Crippen molar-refractivity contribution in [2.24, 2.45) is 7.05 Å². The summed E-state index contributed by atoms with van der Waals surface area (Å²) in [5, 5.41) is 14.3. The number of nitrogens with one attached hydrogen (secondary N) is 2. The fourth-order valence-corrected chi connectivity index (χ4v) is 1.79. The molecular weight excluding hydrogens is 272 g/mol. The number of aryl methyl sites for hydroxylation is 2. The van der Waals surface area contributed by atoms with Gasteiger partial charge in [-0.25, -0.2) is 4.98 Å². The third-order valence-corrected chi connectivity index (χ3v) is 2.73. The predicted octanol–water partition coefficient (Wildman–Crippen LogP) is 0.280. The van der Waals surface area contributed by atoms with E-state index in [0.717, 1.165) is 11.4 Å². The Bertz CT molecular complexity index is 744. The molecule has 0 aliphatic rings. The van der Waals surface area contributed by atoms with Gasteiger partial charge in [-0.15, -0.1) is 0 Å². The molecule has 108 valence electrons. The zero-order chi connectivity index (χ0) is 14.8. The van der Waals surface area contributed by atoms with Gasteiger partial charge < -0.3 is 10.6 Å². The molecule has 0 bridgehead atoms. The maximum atomic E-state index is 4.32. The molecule has 3 aromatic heterocycles. The highest BCUT2D eigenvalue weighted by Crippen LogP contribution is 2.17. The maximum absolute atomic E-state index is 4.32. The van der Waals surface area contributed by atoms with Crippen LogP contribution < -0.4 is 10.6 Å². The molecule has 2 N–H and O–H groups in total. The van der Waals surface area contributed by atoms with Crippen molar-refractivity contribution in [1.82, 2.24) is 39.5 Å². The third kappa shape index (κ3) is 2.63. The molecule has 0 aliphatic carbocycles. The van der Waals surface area contributed by atoms with Crippen LogP contribution in [0.5, 0.6) is 0 Å². The van der Waals surface area contributed by atoms with Gasteiger partial charge in [0.2, 0.25) is 11.9 Å². The van der Waals surface area contributed by atoms with E-state index >= 15 is 0 Å². The minimum absolute atomic E-state index is 0.371. The van der Waals surface area contributed by atoms with Gasteiger partial charge in [-0.05, 0) is 6.92 Å². The van der Waals surface area contributed by atoms with E-state index in [1.807, 2.05) is 20.2 Å². The topological polar surface area (TPSA) is 111 Å². The monoisotopic (exact) mass is 286 g/mol. The van der Waals surface area contributed by atoms with Crippen LogP contribution in [0.4, 0.5) is 17.6 Å². The first kappa shape index (κ1) is 13.0. The lowest BCUT2D eigenvalue weighted by Gasteiger charge is -2.07. The number of rotatable bonds is 4. The van der Waals surface area contributed by atoms with Gasteiger partial charge in [0.1, 0.15) is 12.7 Å². The van der Waals surface area contributed by atoms with Gasteiger partial charge in [-0.3, -0.25) is 4.68 Å². The summed E-state index contributed by atoms with van der Waals surface area (Å²) in [5.74, 6) is 1.20. The summed E-state index contributed by atoms with van der Waals surface area (Å²) in [5.41, 5.74) is 1.68. The van der Waals surface area contributed by atoms with E-state index < -0.39 is 0 Å². The Morgan fingerprint density at radius 2 is 1.95 bits per heavy atom. The van der Waals surface area contributed by atoms with Gasteiger partial charge in [0.05, 0.1) is 11.4 Å². The zero-order valence-corrected chi connectivity index (χ0v) is 11.8. The fourth-order valence-electron chi connectivity index (χ4n) is 1.79. The third-order valence-electron chi connectivity index (χ3n) is 2.73. The van der Waals surface area contributed by atoms with Crippen LogP contribution in [0.2, 0.25) is 0 Å². The summed E-state index contributed by atoms with van der Waals surface area (Å²) in [4.78, 5) is 16.7. The molecule has 3 heterocycles. The number of aromatic nitrogens is 8. The first-order valence-corrected chi connectivity index (χ1v) is 6.22. The molecule has 0 saturated carbocycles. The Hall–Kier alpha value is -3.04. The minimum Gasteiger partial charge on any atom is -0.357 e. The van der Waals surface area contributed by atoms with Crippen molar-refractivity contribution in [2.45, 2.75) is 6.92 Å². The lowest BCUT2D eigenvalue weighted by atomic mass is 10.4. The van der Waals surface area contributed by atoms with E-state index in [4.69, 9.17) is 0 Å². The van der Waals surface area contributed by atoms with Crippen LogP contribution >= 0.6 is 0 Å². The van der Waals surface area contributed by atoms with E-state index in [9.17, 15) is 0 Å². The minimum atomic E-state index is 0.371. The number of hydrogen-bond acceptors (Lipinski definition) is 8. The Morgan fingerprint density at radius 3 is 2.57 bits per heavy atom. The van der Waals surface area contributed by atoms with Crippen LogP contribution in [-0.2, 0) is 7.05 Å². The highest BCUT2D eigenvalue weighted by atomic mass is 15.4. The maximum Gasteiger partial charge on any atom is 0.258 e. The molecule has 0 fully saturated rings. The van der Waals surface area contributed by atoms with E-state index in [-0.39, 0.29) is 0 Å². The Balaban J connectivity index is 1.98. The van der Waals surface area contributed by atoms with Gasteiger partial charge in [-0.1, -0.05) is 0 Å². The molecule has 0 aromatic carbocycles. The Morgan fingerprint density at radius 1 is 1.14 bits per heavy atom. The molecule has 0 spiro atoms. The van der Waals surface area contributed by atoms with E-state index in [1.165, 1.54) is 17.3 Å². The lowest BCUT2D eigenvalue weighted by molar-refractivity contribution is 0.756. The standard InChI is InChI=1S/C11H14N10/c1-7-8(4-20(3)19-7)15-10-16-9(12-2)17-11(18-10)21-6-13-5-14-21/h4-6H,1-3H3,(H2,12,15,16,17,18). The van der Waals surface area contributed by atoms with Crippen LogP contribution in [0.1, 0.15) is 5.69 Å². The normalized spacial score (nSPS) is 10.6. The van der Waals surface area contributed by atoms with Gasteiger partial charge in [0, 0.05) is 20.3 Å². The fraction of sp³-hybridized carbons (Fsp3) is 0.273. The second-order valence-corrected chi connectivity index (χ2v) is 4.30. The van der Waals surface area contributed by atoms with E-state index in [1.54, 1.807) is 11.7 Å². The van der Waals surface area contributed by atoms with Gasteiger partial charge in [-0.2, -0.15) is 29.8 Å². The highest BCUT2D eigenvalue weighted by Gasteiger charge is 2.10. The largest absolute Gasteiger partial charge is 0.357 e. The molecule has 21 heavy (non-hydrogen) atoms. The van der Waals surface area contributed by atoms with E-state index in [2.05, 4.69) is 40.8 Å². The first-order chi connectivity index (χ1) is 10.2. The van der Waals surface area contributed by atoms with Crippen LogP contribution in [0.25, 0.3) is 5.95 Å². The van der Waals surface area contributed by atoms with Crippen molar-refractivity contribution in [3.05, 3.63) is 24.5 Å². The second kappa shape index (κ2) is 5.15. The van der Waals surface area contributed by atoms with Gasteiger partial charge >= 0.3 is 0 Å². The molecule has 10 nitrogen and oxygen atoms in total. The molecule has 0 aliphatic heterocycles. The van der Waals surface area contributed by atoms with Crippen molar-refractivity contribution in [3.8, 4) is 5.95 Å². The van der Waals surface area contributed by atoms with Crippen molar-refractivity contribution in [2.75, 3.05) is 17.7 Å². The number of nitrogens with zero attached hydrogens (tertiary/aromatic N) is 8. The van der Waals surface area contributed by atoms with E-state index in [0.29, 0.717) is 17.8 Å². The molecule has 0 unspecified atom stereocenters. The molecular formula is C11H14N10. The molecule has 0 saturated heterocycles. The summed E-state index contributed by atoms with van der Waals surface area (Å²) in [6.45, 7) is 1.90. The smallest absolute Gasteiger partial charge is 0.258 e. The lowest BCUT2D eigenvalue weighted by Crippen LogP contribution is -2.09. The van der Waals surface area contributed by atoms with Crippen molar-refractivity contribution >= 4 is 17.6 Å². The van der Waals surface area contributed by atoms with Crippen LogP contribution in [0, 0.1) is 6.92 Å².